The van der Waals surface area contributed by atoms with Gasteiger partial charge in [0.1, 0.15) is 5.75 Å². The number of nitrogens with two attached hydrogens (primary N) is 1. The molecular weight excluding hydrogens is 190 g/mol. The first-order valence-corrected chi connectivity index (χ1v) is 5.20. The van der Waals surface area contributed by atoms with Crippen LogP contribution in [-0.2, 0) is 11.2 Å². The highest BCUT2D eigenvalue weighted by Gasteiger charge is 2.14. The lowest BCUT2D eigenvalue weighted by Gasteiger charge is -2.11. The van der Waals surface area contributed by atoms with Crippen LogP contribution in [0, 0.1) is 5.92 Å². The summed E-state index contributed by atoms with van der Waals surface area (Å²) in [6.45, 7) is 2.03. The van der Waals surface area contributed by atoms with Crippen LogP contribution >= 0.6 is 0 Å². The fourth-order valence-corrected chi connectivity index (χ4v) is 1.61. The van der Waals surface area contributed by atoms with Crippen molar-refractivity contribution in [3.8, 4) is 5.75 Å². The van der Waals surface area contributed by atoms with Gasteiger partial charge in [0, 0.05) is 5.92 Å². The normalized spacial score (nSPS) is 12.3. The van der Waals surface area contributed by atoms with Crippen LogP contribution < -0.4 is 5.73 Å². The summed E-state index contributed by atoms with van der Waals surface area (Å²) in [6, 6.07) is 6.89. The number of carbonyl (C=O) groups is 1. The number of phenolic OH excluding ortho intramolecular Hbond substituents is 1. The van der Waals surface area contributed by atoms with Gasteiger partial charge in [-0.2, -0.15) is 0 Å². The van der Waals surface area contributed by atoms with Crippen LogP contribution in [0.5, 0.6) is 5.75 Å². The molecule has 3 heteroatoms. The monoisotopic (exact) mass is 207 g/mol. The maximum absolute atomic E-state index is 11.1. The van der Waals surface area contributed by atoms with Crippen molar-refractivity contribution >= 4 is 5.91 Å². The van der Waals surface area contributed by atoms with Gasteiger partial charge >= 0.3 is 0 Å². The Labute approximate surface area is 89.9 Å². The van der Waals surface area contributed by atoms with Gasteiger partial charge in [0.05, 0.1) is 0 Å². The molecule has 3 N–H and O–H groups in total. The highest BCUT2D eigenvalue weighted by Crippen LogP contribution is 2.16. The molecule has 0 spiro atoms. The van der Waals surface area contributed by atoms with Crippen LogP contribution in [0.3, 0.4) is 0 Å². The molecule has 15 heavy (non-hydrogen) atoms. The van der Waals surface area contributed by atoms with Crippen LogP contribution in [-0.4, -0.2) is 11.0 Å². The summed E-state index contributed by atoms with van der Waals surface area (Å²) in [5.74, 6) is -0.102. The minimum Gasteiger partial charge on any atom is -0.508 e. The van der Waals surface area contributed by atoms with E-state index in [9.17, 15) is 4.79 Å². The number of aromatic hydroxyl groups is 1. The molecule has 0 saturated carbocycles. The standard InChI is InChI=1S/C12H17NO2/c1-2-3-10(12(13)15)8-9-4-6-11(14)7-5-9/h4-7,10,14H,2-3,8H2,1H3,(H2,13,15)/t10-/m0/s1. The Bertz CT molecular complexity index is 319. The van der Waals surface area contributed by atoms with E-state index in [1.807, 2.05) is 19.1 Å². The maximum atomic E-state index is 11.1. The predicted molar refractivity (Wildman–Crippen MR) is 59.4 cm³/mol. The lowest BCUT2D eigenvalue weighted by atomic mass is 9.94. The molecule has 0 bridgehead atoms. The molecule has 82 valence electrons. The first-order valence-electron chi connectivity index (χ1n) is 5.20. The second-order valence-corrected chi connectivity index (χ2v) is 3.76. The van der Waals surface area contributed by atoms with Gasteiger partial charge in [0.25, 0.3) is 0 Å². The number of carbonyl (C=O) groups excluding carboxylic acids is 1. The van der Waals surface area contributed by atoms with E-state index >= 15 is 0 Å². The summed E-state index contributed by atoms with van der Waals surface area (Å²) in [5.41, 5.74) is 6.34. The molecule has 0 aromatic heterocycles. The Hall–Kier alpha value is -1.51. The van der Waals surface area contributed by atoms with Gasteiger partial charge < -0.3 is 10.8 Å². The van der Waals surface area contributed by atoms with E-state index in [-0.39, 0.29) is 17.6 Å². The Kier molecular flexibility index (Phi) is 4.16. The van der Waals surface area contributed by atoms with Crippen LogP contribution in [0.1, 0.15) is 25.3 Å². The van der Waals surface area contributed by atoms with Crippen molar-refractivity contribution in [1.29, 1.82) is 0 Å². The molecule has 0 aliphatic heterocycles. The molecule has 1 amide bonds. The van der Waals surface area contributed by atoms with Gasteiger partial charge in [-0.15, -0.1) is 0 Å². The minimum atomic E-state index is -0.245. The zero-order valence-electron chi connectivity index (χ0n) is 8.94. The van der Waals surface area contributed by atoms with Crippen molar-refractivity contribution in [2.75, 3.05) is 0 Å². The van der Waals surface area contributed by atoms with Crippen LogP contribution in [0.2, 0.25) is 0 Å². The SMILES string of the molecule is CCC[C@@H](Cc1ccc(O)cc1)C(N)=O. The Morgan fingerprint density at radius 2 is 2.00 bits per heavy atom. The quantitative estimate of drug-likeness (QED) is 0.773. The lowest BCUT2D eigenvalue weighted by molar-refractivity contribution is -0.122. The summed E-state index contributed by atoms with van der Waals surface area (Å²) in [5, 5.41) is 9.11. The van der Waals surface area contributed by atoms with E-state index < -0.39 is 0 Å². The number of hydrogen-bond acceptors (Lipinski definition) is 2. The van der Waals surface area contributed by atoms with E-state index in [1.54, 1.807) is 12.1 Å². The maximum Gasteiger partial charge on any atom is 0.220 e. The molecule has 0 saturated heterocycles. The average Bonchev–Trinajstić information content (AvgIpc) is 2.20. The lowest BCUT2D eigenvalue weighted by Crippen LogP contribution is -2.24. The predicted octanol–water partition coefficient (Wildman–Crippen LogP) is 1.84. The van der Waals surface area contributed by atoms with Gasteiger partial charge in [-0.1, -0.05) is 25.5 Å². The molecule has 3 nitrogen and oxygen atoms in total. The van der Waals surface area contributed by atoms with E-state index in [1.165, 1.54) is 0 Å². The molecular formula is C12H17NO2. The first kappa shape index (κ1) is 11.6. The smallest absolute Gasteiger partial charge is 0.220 e. The van der Waals surface area contributed by atoms with E-state index in [4.69, 9.17) is 10.8 Å². The van der Waals surface area contributed by atoms with Crippen molar-refractivity contribution in [3.63, 3.8) is 0 Å². The molecule has 0 aliphatic carbocycles. The molecule has 0 aliphatic rings. The van der Waals surface area contributed by atoms with Gasteiger partial charge in [0.2, 0.25) is 5.91 Å². The molecule has 0 heterocycles. The van der Waals surface area contributed by atoms with Gasteiger partial charge in [0.15, 0.2) is 0 Å². The topological polar surface area (TPSA) is 63.3 Å². The molecule has 0 fully saturated rings. The van der Waals surface area contributed by atoms with Gasteiger partial charge in [-0.05, 0) is 30.5 Å². The Morgan fingerprint density at radius 3 is 2.47 bits per heavy atom. The average molecular weight is 207 g/mol. The van der Waals surface area contributed by atoms with E-state index in [0.717, 1.165) is 18.4 Å². The first-order chi connectivity index (χ1) is 7.13. The summed E-state index contributed by atoms with van der Waals surface area (Å²) in [4.78, 5) is 11.1. The number of phenols is 1. The zero-order valence-corrected chi connectivity index (χ0v) is 8.94. The summed E-state index contributed by atoms with van der Waals surface area (Å²) in [6.07, 6.45) is 2.42. The fraction of sp³-hybridized carbons (Fsp3) is 0.417. The van der Waals surface area contributed by atoms with Gasteiger partial charge in [-0.25, -0.2) is 0 Å². The summed E-state index contributed by atoms with van der Waals surface area (Å²) in [7, 11) is 0. The highest BCUT2D eigenvalue weighted by atomic mass is 16.3. The number of primary amides is 1. The van der Waals surface area contributed by atoms with E-state index in [2.05, 4.69) is 0 Å². The molecule has 0 unspecified atom stereocenters. The van der Waals surface area contributed by atoms with Crippen molar-refractivity contribution in [2.45, 2.75) is 26.2 Å². The third-order valence-electron chi connectivity index (χ3n) is 2.46. The van der Waals surface area contributed by atoms with Crippen molar-refractivity contribution in [1.82, 2.24) is 0 Å². The third kappa shape index (κ3) is 3.62. The summed E-state index contributed by atoms with van der Waals surface area (Å²) >= 11 is 0. The second kappa shape index (κ2) is 5.39. The number of amides is 1. The largest absolute Gasteiger partial charge is 0.508 e. The number of rotatable bonds is 5. The van der Waals surface area contributed by atoms with Gasteiger partial charge in [-0.3, -0.25) is 4.79 Å². The van der Waals surface area contributed by atoms with E-state index in [0.29, 0.717) is 6.42 Å². The third-order valence-corrected chi connectivity index (χ3v) is 2.46. The van der Waals surface area contributed by atoms with Crippen LogP contribution in [0.15, 0.2) is 24.3 Å². The van der Waals surface area contributed by atoms with Crippen molar-refractivity contribution in [2.24, 2.45) is 11.7 Å². The molecule has 1 atom stereocenters. The van der Waals surface area contributed by atoms with Crippen LogP contribution in [0.4, 0.5) is 0 Å². The number of benzene rings is 1. The van der Waals surface area contributed by atoms with Crippen molar-refractivity contribution < 1.29 is 9.90 Å². The Morgan fingerprint density at radius 1 is 1.40 bits per heavy atom. The highest BCUT2D eigenvalue weighted by molar-refractivity contribution is 5.76. The van der Waals surface area contributed by atoms with Crippen molar-refractivity contribution in [3.05, 3.63) is 29.8 Å². The summed E-state index contributed by atoms with van der Waals surface area (Å²) < 4.78 is 0. The number of hydrogen-bond donors (Lipinski definition) is 2. The Balaban J connectivity index is 2.65. The van der Waals surface area contributed by atoms with Crippen LogP contribution in [0.25, 0.3) is 0 Å². The second-order valence-electron chi connectivity index (χ2n) is 3.76. The molecule has 1 aromatic carbocycles. The zero-order chi connectivity index (χ0) is 11.3. The molecule has 1 rings (SSSR count). The molecule has 0 radical (unpaired) electrons. The fourth-order valence-electron chi connectivity index (χ4n) is 1.61. The minimum absolute atomic E-state index is 0.0976. The molecule has 1 aromatic rings.